The van der Waals surface area contributed by atoms with Crippen LogP contribution in [0, 0.1) is 59.2 Å². The van der Waals surface area contributed by atoms with Crippen LogP contribution in [0.1, 0.15) is 107 Å². The molecule has 10 aliphatic heterocycles. The van der Waals surface area contributed by atoms with Crippen LogP contribution in [0.4, 0.5) is 0 Å². The van der Waals surface area contributed by atoms with Gasteiger partial charge in [-0.15, -0.1) is 0 Å². The van der Waals surface area contributed by atoms with Crippen molar-refractivity contribution in [2.75, 3.05) is 0 Å². The lowest BCUT2D eigenvalue weighted by atomic mass is 9.72. The predicted octanol–water partition coefficient (Wildman–Crippen LogP) is 3.16. The molecule has 0 aromatic rings. The van der Waals surface area contributed by atoms with Crippen LogP contribution in [-0.4, -0.2) is 131 Å². The number of rotatable bonds is 0. The summed E-state index contributed by atoms with van der Waals surface area (Å²) in [6.45, 7) is 17.0. The van der Waals surface area contributed by atoms with Crippen LogP contribution in [0.2, 0.25) is 0 Å². The Bertz CT molecular complexity index is 1470. The topological polar surface area (TPSA) is 128 Å². The van der Waals surface area contributed by atoms with Crippen molar-refractivity contribution in [1.29, 1.82) is 0 Å². The van der Waals surface area contributed by atoms with Crippen molar-refractivity contribution in [3.63, 3.8) is 0 Å². The van der Waals surface area contributed by atoms with E-state index in [1.54, 1.807) is 0 Å². The number of ether oxygens (including phenoxy) is 8. The van der Waals surface area contributed by atoms with Gasteiger partial charge in [0.05, 0.1) is 73.5 Å². The van der Waals surface area contributed by atoms with E-state index in [0.717, 1.165) is 51.4 Å². The van der Waals surface area contributed by atoms with Gasteiger partial charge in [0.15, 0.2) is 23.1 Å². The van der Waals surface area contributed by atoms with Crippen molar-refractivity contribution in [2.45, 2.75) is 228 Å². The fraction of sp³-hybridized carbons (Fsp3) is 1.00. The maximum Gasteiger partial charge on any atom is 0.163 e. The summed E-state index contributed by atoms with van der Waals surface area (Å²) in [4.78, 5) is 0. The van der Waals surface area contributed by atoms with Gasteiger partial charge in [0.25, 0.3) is 0 Å². The number of nitrogens with one attached hydrogen (secondary N) is 4. The molecule has 0 spiro atoms. The summed E-state index contributed by atoms with van der Waals surface area (Å²) in [6.07, 6.45) is 9.94. The van der Waals surface area contributed by atoms with Crippen LogP contribution in [-0.2, 0) is 37.9 Å². The largest absolute Gasteiger partial charge is 0.345 e. The minimum atomic E-state index is -0.551. The Labute approximate surface area is 355 Å². The second kappa shape index (κ2) is 11.9. The van der Waals surface area contributed by atoms with Crippen molar-refractivity contribution in [1.82, 2.24) is 31.3 Å². The van der Waals surface area contributed by atoms with Crippen LogP contribution < -0.4 is 21.3 Å². The first-order valence-corrected chi connectivity index (χ1v) is 24.6. The zero-order valence-electron chi connectivity index (χ0n) is 36.8. The Balaban J connectivity index is 0.924. The molecule has 4 N–H and O–H groups in total. The molecule has 0 aromatic carbocycles. The van der Waals surface area contributed by atoms with Gasteiger partial charge in [-0.25, -0.2) is 10.0 Å². The lowest BCUT2D eigenvalue weighted by Crippen LogP contribution is -2.69. The first-order chi connectivity index (χ1) is 28.6. The van der Waals surface area contributed by atoms with Gasteiger partial charge in [0, 0.05) is 24.2 Å². The van der Waals surface area contributed by atoms with Crippen LogP contribution in [0.25, 0.3) is 0 Å². The van der Waals surface area contributed by atoms with E-state index in [1.807, 2.05) is 0 Å². The molecule has 332 valence electrons. The molecule has 14 heteroatoms. The van der Waals surface area contributed by atoms with Gasteiger partial charge in [-0.1, -0.05) is 0 Å². The van der Waals surface area contributed by atoms with E-state index in [1.165, 1.54) is 0 Å². The van der Waals surface area contributed by atoms with Crippen molar-refractivity contribution in [3.05, 3.63) is 0 Å². The Morgan fingerprint density at radius 3 is 0.683 bits per heavy atom. The molecule has 16 rings (SSSR count). The predicted molar refractivity (Wildman–Crippen MR) is 214 cm³/mol. The number of hydrazine groups is 1. The summed E-state index contributed by atoms with van der Waals surface area (Å²) in [6, 6.07) is 1.39. The van der Waals surface area contributed by atoms with E-state index < -0.39 is 23.1 Å². The first kappa shape index (κ1) is 37.6. The normalized spacial score (nSPS) is 65.2. The molecule has 6 aliphatic carbocycles. The third kappa shape index (κ3) is 4.99. The summed E-state index contributed by atoms with van der Waals surface area (Å²) in [5, 5.41) is 24.8. The van der Waals surface area contributed by atoms with Crippen molar-refractivity contribution < 1.29 is 37.9 Å². The van der Waals surface area contributed by atoms with E-state index in [4.69, 9.17) is 59.2 Å². The molecule has 60 heavy (non-hydrogen) atoms. The Morgan fingerprint density at radius 2 is 0.483 bits per heavy atom. The Kier molecular flexibility index (Phi) is 7.45. The molecule has 0 amide bonds. The van der Waals surface area contributed by atoms with E-state index >= 15 is 0 Å². The zero-order chi connectivity index (χ0) is 40.3. The smallest absolute Gasteiger partial charge is 0.163 e. The molecule has 16 fully saturated rings. The highest BCUT2D eigenvalue weighted by Crippen LogP contribution is 2.64. The van der Waals surface area contributed by atoms with Crippen molar-refractivity contribution in [2.24, 2.45) is 59.2 Å². The van der Waals surface area contributed by atoms with Gasteiger partial charge in [0.1, 0.15) is 0 Å². The molecule has 24 unspecified atom stereocenters. The van der Waals surface area contributed by atoms with E-state index in [2.05, 4.69) is 65.4 Å². The van der Waals surface area contributed by atoms with Crippen LogP contribution in [0.5, 0.6) is 0 Å². The van der Waals surface area contributed by atoms with Crippen molar-refractivity contribution >= 4 is 0 Å². The lowest BCUT2D eigenvalue weighted by Gasteiger charge is -2.49. The summed E-state index contributed by atoms with van der Waals surface area (Å²) >= 11 is 0. The Hall–Kier alpha value is -0.560. The highest BCUT2D eigenvalue weighted by Gasteiger charge is 2.74. The van der Waals surface area contributed by atoms with Gasteiger partial charge in [-0.05, 0) is 166 Å². The molecular weight excluding hydrogens is 765 g/mol. The highest BCUT2D eigenvalue weighted by atomic mass is 16.8. The van der Waals surface area contributed by atoms with Crippen LogP contribution in [0.3, 0.4) is 0 Å². The zero-order valence-corrected chi connectivity index (χ0v) is 36.8. The van der Waals surface area contributed by atoms with Gasteiger partial charge in [-0.3, -0.25) is 21.3 Å². The molecule has 10 heterocycles. The molecule has 0 radical (unpaired) electrons. The Morgan fingerprint density at radius 1 is 0.300 bits per heavy atom. The second-order valence-electron chi connectivity index (χ2n) is 24.5. The third-order valence-electron chi connectivity index (χ3n) is 19.8. The molecule has 24 atom stereocenters. The molecule has 6 saturated carbocycles. The molecule has 12 bridgehead atoms. The third-order valence-corrected chi connectivity index (χ3v) is 19.8. The molecular formula is C46H70N6O8. The second-order valence-corrected chi connectivity index (χ2v) is 24.5. The standard InChI is InChI=1S/C46H70N6O8/c1-43(2)53-25-9-17-18(10-26(25)54-43)36-33-34-37-19-11-27-28(56-44(3,4)55-27)12-20(19)38(34)50-42-24-16-32-30(58-46(7,8)60-32)14-22(24)40(48-36)52(42)51-39(47-35(17)33)21-13-29-31(59-45(5,6)57-29)15-23(21)41(51)49-37/h17-42,47-50H,9-16H2,1-8H3. The average Bonchev–Trinajstić information content (AvgIpc) is 4.01. The van der Waals surface area contributed by atoms with E-state index in [-0.39, 0.29) is 73.5 Å². The van der Waals surface area contributed by atoms with E-state index in [0.29, 0.717) is 83.3 Å². The maximum atomic E-state index is 6.79. The number of hydrogen-bond donors (Lipinski definition) is 4. The number of hydrogen-bond acceptors (Lipinski definition) is 14. The summed E-state index contributed by atoms with van der Waals surface area (Å²) in [5.41, 5.74) is 0. The number of nitrogens with zero attached hydrogens (tertiary/aromatic N) is 2. The fourth-order valence-corrected chi connectivity index (χ4v) is 18.7. The lowest BCUT2D eigenvalue weighted by molar-refractivity contribution is -0.163. The average molecular weight is 835 g/mol. The maximum absolute atomic E-state index is 6.79. The van der Waals surface area contributed by atoms with Crippen molar-refractivity contribution in [3.8, 4) is 0 Å². The van der Waals surface area contributed by atoms with Gasteiger partial charge in [0.2, 0.25) is 0 Å². The number of fused-ring (bicyclic) bond motifs is 8. The van der Waals surface area contributed by atoms with E-state index in [9.17, 15) is 0 Å². The molecule has 14 nitrogen and oxygen atoms in total. The monoisotopic (exact) mass is 835 g/mol. The molecule has 10 saturated heterocycles. The molecule has 0 aromatic heterocycles. The summed E-state index contributed by atoms with van der Waals surface area (Å²) in [5.74, 6) is 2.31. The minimum Gasteiger partial charge on any atom is -0.345 e. The quantitative estimate of drug-likeness (QED) is 0.286. The van der Waals surface area contributed by atoms with Crippen LogP contribution in [0.15, 0.2) is 0 Å². The van der Waals surface area contributed by atoms with Gasteiger partial charge in [-0.2, -0.15) is 0 Å². The fourth-order valence-electron chi connectivity index (χ4n) is 18.7. The van der Waals surface area contributed by atoms with Gasteiger partial charge < -0.3 is 37.9 Å². The van der Waals surface area contributed by atoms with Gasteiger partial charge >= 0.3 is 0 Å². The summed E-state index contributed by atoms with van der Waals surface area (Å²) in [7, 11) is 0. The molecule has 16 aliphatic rings. The first-order valence-electron chi connectivity index (χ1n) is 24.6. The summed E-state index contributed by atoms with van der Waals surface area (Å²) < 4.78 is 54.3. The van der Waals surface area contributed by atoms with Crippen LogP contribution >= 0.6 is 0 Å². The highest BCUT2D eigenvalue weighted by molar-refractivity contribution is 5.25. The SMILES string of the molecule is CC1(C)OC2CC3C(CC2O1)C1NC2C4CC5OC(C)(C)OC5CC4C4NC5C6CC7OC(C)(C)OC7CC6C6NC7C8CC9OC(C)(C)OC9CC8C(NC3C1C65)N7N24. The minimum absolute atomic E-state index is 0.112.